The van der Waals surface area contributed by atoms with Crippen LogP contribution in [-0.2, 0) is 4.74 Å². The normalized spacial score (nSPS) is 16.4. The zero-order valence-corrected chi connectivity index (χ0v) is 11.0. The van der Waals surface area contributed by atoms with Gasteiger partial charge in [0.15, 0.2) is 0 Å². The number of aliphatic hydroxyl groups is 1. The highest BCUT2D eigenvalue weighted by Crippen LogP contribution is 2.18. The lowest BCUT2D eigenvalue weighted by Crippen LogP contribution is -2.32. The first kappa shape index (κ1) is 14.9. The minimum absolute atomic E-state index is 0.0224. The van der Waals surface area contributed by atoms with E-state index in [9.17, 15) is 5.11 Å². The van der Waals surface area contributed by atoms with Crippen LogP contribution in [0.15, 0.2) is 0 Å². The Morgan fingerprint density at radius 1 is 1.07 bits per heavy atom. The molecular formula is C13H28O2. The van der Waals surface area contributed by atoms with E-state index in [1.165, 1.54) is 0 Å². The molecule has 0 saturated heterocycles. The van der Waals surface area contributed by atoms with E-state index >= 15 is 0 Å². The van der Waals surface area contributed by atoms with Crippen LogP contribution in [0.4, 0.5) is 0 Å². The monoisotopic (exact) mass is 216 g/mol. The summed E-state index contributed by atoms with van der Waals surface area (Å²) in [5.74, 6) is 0. The van der Waals surface area contributed by atoms with Gasteiger partial charge in [-0.25, -0.2) is 0 Å². The number of ether oxygens (including phenoxy) is 1. The van der Waals surface area contributed by atoms with Crippen molar-refractivity contribution < 1.29 is 9.84 Å². The lowest BCUT2D eigenvalue weighted by atomic mass is 9.98. The van der Waals surface area contributed by atoms with E-state index in [4.69, 9.17) is 4.74 Å². The SMILES string of the molecule is CCCC(O)C(CCC)OCC(C)(C)C. The Morgan fingerprint density at radius 3 is 2.00 bits per heavy atom. The summed E-state index contributed by atoms with van der Waals surface area (Å²) < 4.78 is 5.81. The molecule has 0 aliphatic heterocycles. The van der Waals surface area contributed by atoms with Crippen LogP contribution in [0.1, 0.15) is 60.3 Å². The van der Waals surface area contributed by atoms with Crippen molar-refractivity contribution in [2.75, 3.05) is 6.61 Å². The third-order valence-electron chi connectivity index (χ3n) is 2.32. The van der Waals surface area contributed by atoms with Gasteiger partial charge >= 0.3 is 0 Å². The molecule has 0 aromatic rings. The average molecular weight is 216 g/mol. The second-order valence-corrected chi connectivity index (χ2v) is 5.55. The fraction of sp³-hybridized carbons (Fsp3) is 1.00. The van der Waals surface area contributed by atoms with Gasteiger partial charge < -0.3 is 9.84 Å². The molecule has 0 aliphatic carbocycles. The molecule has 92 valence electrons. The van der Waals surface area contributed by atoms with Crippen LogP contribution < -0.4 is 0 Å². The summed E-state index contributed by atoms with van der Waals surface area (Å²) in [6.07, 6.45) is 3.61. The molecule has 1 N–H and O–H groups in total. The highest BCUT2D eigenvalue weighted by atomic mass is 16.5. The van der Waals surface area contributed by atoms with Gasteiger partial charge in [0.25, 0.3) is 0 Å². The molecule has 2 atom stereocenters. The molecule has 0 amide bonds. The summed E-state index contributed by atoms with van der Waals surface area (Å²) in [5.41, 5.74) is 0.178. The lowest BCUT2D eigenvalue weighted by molar-refractivity contribution is -0.0665. The quantitative estimate of drug-likeness (QED) is 0.707. The summed E-state index contributed by atoms with van der Waals surface area (Å²) in [4.78, 5) is 0. The van der Waals surface area contributed by atoms with Gasteiger partial charge in [-0.2, -0.15) is 0 Å². The molecule has 0 bridgehead atoms. The van der Waals surface area contributed by atoms with Crippen molar-refractivity contribution in [1.29, 1.82) is 0 Å². The Hall–Kier alpha value is -0.0800. The van der Waals surface area contributed by atoms with Gasteiger partial charge in [0.2, 0.25) is 0 Å². The van der Waals surface area contributed by atoms with E-state index in [1.54, 1.807) is 0 Å². The molecule has 0 rings (SSSR count). The Kier molecular flexibility index (Phi) is 7.20. The Labute approximate surface area is 95.0 Å². The zero-order valence-electron chi connectivity index (χ0n) is 11.0. The molecule has 2 heteroatoms. The summed E-state index contributed by atoms with van der Waals surface area (Å²) in [6, 6.07) is 0. The molecule has 15 heavy (non-hydrogen) atoms. The second-order valence-electron chi connectivity index (χ2n) is 5.55. The zero-order chi connectivity index (χ0) is 11.9. The van der Waals surface area contributed by atoms with Crippen LogP contribution >= 0.6 is 0 Å². The van der Waals surface area contributed by atoms with Crippen molar-refractivity contribution in [2.45, 2.75) is 72.5 Å². The number of aliphatic hydroxyl groups excluding tert-OH is 1. The van der Waals surface area contributed by atoms with Crippen molar-refractivity contribution in [2.24, 2.45) is 5.41 Å². The first-order valence-corrected chi connectivity index (χ1v) is 6.20. The van der Waals surface area contributed by atoms with Crippen molar-refractivity contribution in [3.05, 3.63) is 0 Å². The molecule has 0 heterocycles. The number of hydrogen-bond donors (Lipinski definition) is 1. The van der Waals surface area contributed by atoms with Crippen molar-refractivity contribution in [1.82, 2.24) is 0 Å². The molecule has 0 spiro atoms. The molecule has 0 radical (unpaired) electrons. The standard InChI is InChI=1S/C13H28O2/c1-6-8-11(14)12(9-7-2)15-10-13(3,4)5/h11-12,14H,6-10H2,1-5H3. The van der Waals surface area contributed by atoms with E-state index < -0.39 is 0 Å². The first-order chi connectivity index (χ1) is 6.90. The van der Waals surface area contributed by atoms with Gasteiger partial charge in [-0.3, -0.25) is 0 Å². The van der Waals surface area contributed by atoms with Gasteiger partial charge in [-0.05, 0) is 18.3 Å². The van der Waals surface area contributed by atoms with E-state index in [0.29, 0.717) is 0 Å². The molecule has 2 nitrogen and oxygen atoms in total. The predicted octanol–water partition coefficient (Wildman–Crippen LogP) is 3.38. The van der Waals surface area contributed by atoms with Crippen molar-refractivity contribution >= 4 is 0 Å². The molecular weight excluding hydrogens is 188 g/mol. The fourth-order valence-electron chi connectivity index (χ4n) is 1.51. The van der Waals surface area contributed by atoms with Crippen LogP contribution in [-0.4, -0.2) is 23.9 Å². The molecule has 0 fully saturated rings. The largest absolute Gasteiger partial charge is 0.390 e. The summed E-state index contributed by atoms with van der Waals surface area (Å²) in [7, 11) is 0. The Bertz CT molecular complexity index is 149. The van der Waals surface area contributed by atoms with Gasteiger partial charge in [0.1, 0.15) is 0 Å². The highest BCUT2D eigenvalue weighted by Gasteiger charge is 2.21. The summed E-state index contributed by atoms with van der Waals surface area (Å²) in [6.45, 7) is 11.4. The highest BCUT2D eigenvalue weighted by molar-refractivity contribution is 4.70. The second kappa shape index (κ2) is 7.24. The number of hydrogen-bond acceptors (Lipinski definition) is 2. The topological polar surface area (TPSA) is 29.5 Å². The van der Waals surface area contributed by atoms with Gasteiger partial charge in [-0.15, -0.1) is 0 Å². The molecule has 0 aromatic heterocycles. The van der Waals surface area contributed by atoms with E-state index in [0.717, 1.165) is 32.3 Å². The van der Waals surface area contributed by atoms with Crippen LogP contribution in [0.5, 0.6) is 0 Å². The average Bonchev–Trinajstić information content (AvgIpc) is 2.11. The number of rotatable bonds is 7. The molecule has 0 aliphatic rings. The first-order valence-electron chi connectivity index (χ1n) is 6.20. The molecule has 0 saturated carbocycles. The van der Waals surface area contributed by atoms with E-state index in [-0.39, 0.29) is 17.6 Å². The molecule has 2 unspecified atom stereocenters. The third-order valence-corrected chi connectivity index (χ3v) is 2.32. The maximum Gasteiger partial charge on any atom is 0.0834 e. The van der Waals surface area contributed by atoms with Gasteiger partial charge in [0, 0.05) is 0 Å². The lowest BCUT2D eigenvalue weighted by Gasteiger charge is -2.27. The van der Waals surface area contributed by atoms with Crippen LogP contribution in [0, 0.1) is 5.41 Å². The van der Waals surface area contributed by atoms with Crippen molar-refractivity contribution in [3.63, 3.8) is 0 Å². The maximum atomic E-state index is 9.91. The Balaban J connectivity index is 4.03. The fourth-order valence-corrected chi connectivity index (χ4v) is 1.51. The van der Waals surface area contributed by atoms with Crippen LogP contribution in [0.3, 0.4) is 0 Å². The minimum atomic E-state index is -0.294. The Morgan fingerprint density at radius 2 is 1.60 bits per heavy atom. The smallest absolute Gasteiger partial charge is 0.0834 e. The molecule has 0 aromatic carbocycles. The van der Waals surface area contributed by atoms with Crippen molar-refractivity contribution in [3.8, 4) is 0 Å². The van der Waals surface area contributed by atoms with Crippen LogP contribution in [0.25, 0.3) is 0 Å². The summed E-state index contributed by atoms with van der Waals surface area (Å²) >= 11 is 0. The third kappa shape index (κ3) is 7.80. The van der Waals surface area contributed by atoms with E-state index in [1.807, 2.05) is 0 Å². The van der Waals surface area contributed by atoms with Crippen LogP contribution in [0.2, 0.25) is 0 Å². The summed E-state index contributed by atoms with van der Waals surface area (Å²) in [5, 5.41) is 9.91. The van der Waals surface area contributed by atoms with E-state index in [2.05, 4.69) is 34.6 Å². The van der Waals surface area contributed by atoms with Gasteiger partial charge in [-0.1, -0.05) is 47.5 Å². The minimum Gasteiger partial charge on any atom is -0.390 e. The maximum absolute atomic E-state index is 9.91. The van der Waals surface area contributed by atoms with Gasteiger partial charge in [0.05, 0.1) is 18.8 Å². The predicted molar refractivity (Wildman–Crippen MR) is 65.0 cm³/mol.